The van der Waals surface area contributed by atoms with E-state index in [0.717, 1.165) is 11.2 Å². The summed E-state index contributed by atoms with van der Waals surface area (Å²) >= 11 is 0. The molecule has 11 heteroatoms. The summed E-state index contributed by atoms with van der Waals surface area (Å²) in [5.41, 5.74) is 4.27. The molecule has 0 saturated heterocycles. The van der Waals surface area contributed by atoms with E-state index in [4.69, 9.17) is 0 Å². The van der Waals surface area contributed by atoms with Crippen molar-refractivity contribution in [2.75, 3.05) is 13.3 Å². The minimum Gasteiger partial charge on any atom is -0.329 e. The quantitative estimate of drug-likeness (QED) is 0.412. The molecule has 0 atom stereocenters. The van der Waals surface area contributed by atoms with Crippen LogP contribution in [0.5, 0.6) is 0 Å². The Labute approximate surface area is 165 Å². The molecule has 0 aliphatic carbocycles. The van der Waals surface area contributed by atoms with E-state index in [0.29, 0.717) is 35.5 Å². The van der Waals surface area contributed by atoms with Gasteiger partial charge in [0.05, 0.1) is 25.4 Å². The summed E-state index contributed by atoms with van der Waals surface area (Å²) in [5.74, 6) is 0. The monoisotopic (exact) mass is 407 g/mol. The van der Waals surface area contributed by atoms with Crippen LogP contribution in [0.3, 0.4) is 0 Å². The van der Waals surface area contributed by atoms with E-state index in [2.05, 4.69) is 30.2 Å². The molecule has 29 heavy (non-hydrogen) atoms. The second-order valence-corrected chi connectivity index (χ2v) is 10.8. The Morgan fingerprint density at radius 2 is 1.97 bits per heavy atom. The molecule has 0 spiro atoms. The molecule has 5 aromatic heterocycles. The van der Waals surface area contributed by atoms with Crippen LogP contribution in [0.2, 0.25) is 0 Å². The second kappa shape index (κ2) is 6.59. The maximum Gasteiger partial charge on any atom is 0.221 e. The summed E-state index contributed by atoms with van der Waals surface area (Å²) in [5, 5.41) is 8.31. The van der Waals surface area contributed by atoms with Gasteiger partial charge in [-0.05, 0) is 25.0 Å². The summed E-state index contributed by atoms with van der Waals surface area (Å²) in [6.45, 7) is 4.01. The largest absolute Gasteiger partial charge is 0.329 e. The lowest BCUT2D eigenvalue weighted by atomic mass is 10.3. The molecule has 0 aliphatic heterocycles. The molecule has 0 unspecified atom stereocenters. The van der Waals surface area contributed by atoms with Crippen molar-refractivity contribution in [2.24, 2.45) is 0 Å². The lowest BCUT2D eigenvalue weighted by Gasteiger charge is -2.06. The average molecular weight is 407 g/mol. The molecule has 5 heterocycles. The van der Waals surface area contributed by atoms with E-state index in [1.165, 1.54) is 0 Å². The number of pyridine rings is 1. The zero-order valence-electron chi connectivity index (χ0n) is 15.9. The molecule has 0 radical (unpaired) electrons. The van der Waals surface area contributed by atoms with Gasteiger partial charge in [-0.1, -0.05) is 11.3 Å². The summed E-state index contributed by atoms with van der Waals surface area (Å²) in [4.78, 5) is 17.7. The van der Waals surface area contributed by atoms with Gasteiger partial charge in [-0.25, -0.2) is 24.6 Å². The topological polar surface area (TPSA) is 109 Å². The first-order valence-corrected chi connectivity index (χ1v) is 11.8. The van der Waals surface area contributed by atoms with Crippen molar-refractivity contribution in [3.63, 3.8) is 0 Å². The third-order valence-corrected chi connectivity index (χ3v) is 5.42. The fourth-order valence-electron chi connectivity index (χ4n) is 3.18. The molecule has 5 rings (SSSR count). The van der Waals surface area contributed by atoms with Gasteiger partial charge in [-0.3, -0.25) is 0 Å². The fraction of sp³-hybridized carbons (Fsp3) is 0.222. The molecule has 0 fully saturated rings. The van der Waals surface area contributed by atoms with Crippen molar-refractivity contribution in [2.45, 2.75) is 12.8 Å². The third-order valence-electron chi connectivity index (χ3n) is 4.41. The van der Waals surface area contributed by atoms with E-state index in [-0.39, 0.29) is 0 Å². The van der Waals surface area contributed by atoms with Crippen LogP contribution in [0.1, 0.15) is 5.56 Å². The Bertz CT molecular complexity index is 1380. The lowest BCUT2D eigenvalue weighted by molar-refractivity contribution is 0.574. The van der Waals surface area contributed by atoms with Gasteiger partial charge in [0.15, 0.2) is 5.65 Å². The van der Waals surface area contributed by atoms with Gasteiger partial charge in [-0.2, -0.15) is 0 Å². The minimum atomic E-state index is -2.20. The number of aromatic nitrogens is 9. The van der Waals surface area contributed by atoms with E-state index in [9.17, 15) is 4.57 Å². The van der Waals surface area contributed by atoms with Gasteiger partial charge in [0.2, 0.25) is 5.65 Å². The van der Waals surface area contributed by atoms with Crippen LogP contribution < -0.4 is 0 Å². The third kappa shape index (κ3) is 3.54. The summed E-state index contributed by atoms with van der Waals surface area (Å²) in [7, 11) is -2.20. The Balaban J connectivity index is 1.48. The molecule has 0 saturated carbocycles. The van der Waals surface area contributed by atoms with Crippen LogP contribution in [0.4, 0.5) is 0 Å². The Morgan fingerprint density at radius 3 is 2.83 bits per heavy atom. The molecular formula is C18H18N9OP. The van der Waals surface area contributed by atoms with Crippen molar-refractivity contribution in [3.05, 3.63) is 55.0 Å². The lowest BCUT2D eigenvalue weighted by Crippen LogP contribution is -2.04. The van der Waals surface area contributed by atoms with Gasteiger partial charge >= 0.3 is 0 Å². The highest BCUT2D eigenvalue weighted by Crippen LogP contribution is 2.38. The predicted molar refractivity (Wildman–Crippen MR) is 108 cm³/mol. The highest BCUT2D eigenvalue weighted by atomic mass is 31.2. The number of rotatable bonds is 5. The molecular weight excluding hydrogens is 389 g/mol. The minimum absolute atomic E-state index is 0.436. The zero-order valence-corrected chi connectivity index (χ0v) is 16.8. The highest BCUT2D eigenvalue weighted by molar-refractivity contribution is 7.61. The van der Waals surface area contributed by atoms with Gasteiger partial charge in [0.1, 0.15) is 24.2 Å². The number of imidazole rings is 2. The van der Waals surface area contributed by atoms with Gasteiger partial charge in [0, 0.05) is 24.8 Å². The number of nitrogens with zero attached hydrogens (tertiary/aromatic N) is 9. The van der Waals surface area contributed by atoms with Crippen LogP contribution in [-0.4, -0.2) is 57.2 Å². The maximum atomic E-state index is 12.1. The Kier molecular flexibility index (Phi) is 4.02. The number of fused-ring (bicyclic) bond motifs is 2. The number of hydrogen-bond acceptors (Lipinski definition) is 7. The maximum absolute atomic E-state index is 12.1. The Hall–Kier alpha value is -3.39. The van der Waals surface area contributed by atoms with Crippen molar-refractivity contribution in [1.29, 1.82) is 0 Å². The smallest absolute Gasteiger partial charge is 0.221 e. The molecule has 0 amide bonds. The van der Waals surface area contributed by atoms with E-state index >= 15 is 0 Å². The molecule has 0 bridgehead atoms. The van der Waals surface area contributed by atoms with Crippen LogP contribution in [0, 0.1) is 0 Å². The van der Waals surface area contributed by atoms with Crippen molar-refractivity contribution >= 4 is 24.1 Å². The SMILES string of the molecule is CP(C)(=O)Cn1cnc(-c2cnc3nnn(Cc4ccc5nccn5c4)c3n2)c1. The van der Waals surface area contributed by atoms with Crippen molar-refractivity contribution < 1.29 is 4.57 Å². The van der Waals surface area contributed by atoms with Gasteiger partial charge < -0.3 is 13.5 Å². The molecule has 0 aromatic carbocycles. The summed E-state index contributed by atoms with van der Waals surface area (Å²) < 4.78 is 17.5. The fourth-order valence-corrected chi connectivity index (χ4v) is 4.12. The number of hydrogen-bond donors (Lipinski definition) is 0. The summed E-state index contributed by atoms with van der Waals surface area (Å²) in [6, 6.07) is 3.96. The molecule has 10 nitrogen and oxygen atoms in total. The normalized spacial score (nSPS) is 12.2. The van der Waals surface area contributed by atoms with E-state index in [1.54, 1.807) is 36.7 Å². The average Bonchev–Trinajstić information content (AvgIpc) is 3.40. The van der Waals surface area contributed by atoms with Gasteiger partial charge in [-0.15, -0.1) is 5.10 Å². The first-order valence-electron chi connectivity index (χ1n) is 8.99. The summed E-state index contributed by atoms with van der Waals surface area (Å²) in [6.07, 6.45) is 11.2. The molecule has 0 aliphatic rings. The van der Waals surface area contributed by atoms with Gasteiger partial charge in [0.25, 0.3) is 0 Å². The van der Waals surface area contributed by atoms with E-state index in [1.807, 2.05) is 39.7 Å². The van der Waals surface area contributed by atoms with Crippen LogP contribution in [-0.2, 0) is 17.4 Å². The zero-order chi connectivity index (χ0) is 20.0. The predicted octanol–water partition coefficient (Wildman–Crippen LogP) is 2.36. The highest BCUT2D eigenvalue weighted by Gasteiger charge is 2.14. The molecule has 0 N–H and O–H groups in total. The van der Waals surface area contributed by atoms with E-state index < -0.39 is 7.14 Å². The Morgan fingerprint density at radius 1 is 1.07 bits per heavy atom. The second-order valence-electron chi connectivity index (χ2n) is 7.37. The first kappa shape index (κ1) is 17.7. The first-order chi connectivity index (χ1) is 13.9. The molecule has 5 aromatic rings. The molecule has 146 valence electrons. The van der Waals surface area contributed by atoms with Crippen LogP contribution in [0.25, 0.3) is 28.3 Å². The van der Waals surface area contributed by atoms with Crippen LogP contribution >= 0.6 is 7.14 Å². The van der Waals surface area contributed by atoms with Crippen LogP contribution in [0.15, 0.2) is 49.4 Å². The standard InChI is InChI=1S/C18H18N9OP/c1-29(2,28)12-25-10-15(21-11-25)14-7-20-17-18(22-14)27(24-23-17)9-13-3-4-16-19-5-6-26(16)8-13/h3-8,10-11H,9,12H2,1-2H3. The van der Waals surface area contributed by atoms with Crippen molar-refractivity contribution in [1.82, 2.24) is 43.9 Å². The van der Waals surface area contributed by atoms with Crippen molar-refractivity contribution in [3.8, 4) is 11.4 Å².